The van der Waals surface area contributed by atoms with Crippen molar-refractivity contribution in [2.45, 2.75) is 24.7 Å². The molecule has 0 bridgehead atoms. The summed E-state index contributed by atoms with van der Waals surface area (Å²) in [6, 6.07) is -1.85. The average Bonchev–Trinajstić information content (AvgIpc) is 2.63. The lowest BCUT2D eigenvalue weighted by atomic mass is 9.85. The maximum absolute atomic E-state index is 13.6. The molecule has 0 spiro atoms. The molecule has 0 aromatic heterocycles. The predicted molar refractivity (Wildman–Crippen MR) is 85.5 cm³/mol. The Kier molecular flexibility index (Phi) is 6.61. The number of benzene rings is 2. The summed E-state index contributed by atoms with van der Waals surface area (Å²) >= 11 is 0. The van der Waals surface area contributed by atoms with Crippen LogP contribution < -0.4 is 4.74 Å². The third-order valence-corrected chi connectivity index (χ3v) is 4.15. The minimum atomic E-state index is -6.04. The SMILES string of the molecule is O=COc1cc(C(F)(F)F)c(-c2c(C(F)(F)F)cc(C(=O)O)cc2C(F)(F)F)c(C(F)(F)F)c1. The summed E-state index contributed by atoms with van der Waals surface area (Å²) < 4.78 is 167. The first-order chi connectivity index (χ1) is 15.2. The van der Waals surface area contributed by atoms with E-state index in [1.165, 1.54) is 0 Å². The molecule has 34 heavy (non-hydrogen) atoms. The highest BCUT2D eigenvalue weighted by Gasteiger charge is 2.48. The van der Waals surface area contributed by atoms with Crippen LogP contribution in [-0.4, -0.2) is 17.5 Å². The number of aromatic carboxylic acids is 1. The molecule has 16 heteroatoms. The first-order valence-corrected chi connectivity index (χ1v) is 8.18. The number of ether oxygens (including phenoxy) is 1. The summed E-state index contributed by atoms with van der Waals surface area (Å²) in [7, 11) is 0. The molecule has 2 aromatic rings. The quantitative estimate of drug-likeness (QED) is 0.366. The standard InChI is InChI=1S/C18H6F12O4/c19-15(20,21)8-1-6(14(32)33)2-9(16(22,23)24)12(8)13-10(17(25,26)27)3-7(34-5-31)4-11(13)18(28,29)30/h1-5H,(H,32,33). The van der Waals surface area contributed by atoms with Crippen LogP contribution in [0, 0.1) is 0 Å². The fourth-order valence-corrected chi connectivity index (χ4v) is 2.94. The van der Waals surface area contributed by atoms with Gasteiger partial charge in [-0.25, -0.2) is 4.79 Å². The minimum absolute atomic E-state index is 0.398. The summed E-state index contributed by atoms with van der Waals surface area (Å²) in [5.41, 5.74) is -17.7. The lowest BCUT2D eigenvalue weighted by Crippen LogP contribution is -2.21. The van der Waals surface area contributed by atoms with Gasteiger partial charge in [0.15, 0.2) is 0 Å². The second-order valence-electron chi connectivity index (χ2n) is 6.35. The Morgan fingerprint density at radius 1 is 0.647 bits per heavy atom. The van der Waals surface area contributed by atoms with Crippen molar-refractivity contribution in [3.63, 3.8) is 0 Å². The Balaban J connectivity index is 3.33. The lowest BCUT2D eigenvalue weighted by molar-refractivity contribution is -0.146. The number of alkyl halides is 12. The van der Waals surface area contributed by atoms with Crippen LogP contribution in [0.4, 0.5) is 52.7 Å². The van der Waals surface area contributed by atoms with Crippen molar-refractivity contribution in [3.05, 3.63) is 52.1 Å². The number of hydrogen-bond donors (Lipinski definition) is 1. The van der Waals surface area contributed by atoms with Crippen molar-refractivity contribution >= 4 is 12.4 Å². The van der Waals surface area contributed by atoms with Crippen LogP contribution in [0.5, 0.6) is 5.75 Å². The summed E-state index contributed by atoms with van der Waals surface area (Å²) in [4.78, 5) is 21.4. The Morgan fingerprint density at radius 2 is 0.941 bits per heavy atom. The van der Waals surface area contributed by atoms with Crippen LogP contribution in [0.3, 0.4) is 0 Å². The summed E-state index contributed by atoms with van der Waals surface area (Å²) in [5.74, 6) is -3.85. The lowest BCUT2D eigenvalue weighted by Gasteiger charge is -2.25. The van der Waals surface area contributed by atoms with E-state index in [1.807, 2.05) is 0 Å². The van der Waals surface area contributed by atoms with Gasteiger partial charge in [0.2, 0.25) is 0 Å². The Labute approximate surface area is 179 Å². The second kappa shape index (κ2) is 8.39. The fourth-order valence-electron chi connectivity index (χ4n) is 2.94. The van der Waals surface area contributed by atoms with E-state index >= 15 is 0 Å². The molecular formula is C18H6F12O4. The molecule has 186 valence electrons. The van der Waals surface area contributed by atoms with Gasteiger partial charge in [-0.05, 0) is 24.3 Å². The molecule has 0 atom stereocenters. The largest absolute Gasteiger partial charge is 0.478 e. The van der Waals surface area contributed by atoms with Crippen molar-refractivity contribution in [2.24, 2.45) is 0 Å². The monoisotopic (exact) mass is 514 g/mol. The number of hydrogen-bond acceptors (Lipinski definition) is 3. The summed E-state index contributed by atoms with van der Waals surface area (Å²) in [6.45, 7) is -0.626. The van der Waals surface area contributed by atoms with Crippen LogP contribution in [0.2, 0.25) is 0 Å². The molecule has 0 unspecified atom stereocenters. The highest BCUT2D eigenvalue weighted by molar-refractivity contribution is 5.91. The van der Waals surface area contributed by atoms with E-state index in [4.69, 9.17) is 5.11 Å². The topological polar surface area (TPSA) is 63.6 Å². The van der Waals surface area contributed by atoms with E-state index in [1.54, 1.807) is 0 Å². The van der Waals surface area contributed by atoms with Crippen molar-refractivity contribution in [1.82, 2.24) is 0 Å². The van der Waals surface area contributed by atoms with Gasteiger partial charge in [0, 0.05) is 11.1 Å². The van der Waals surface area contributed by atoms with E-state index in [0.29, 0.717) is 0 Å². The molecule has 1 N–H and O–H groups in total. The van der Waals surface area contributed by atoms with Crippen LogP contribution in [0.1, 0.15) is 32.6 Å². The molecule has 0 aliphatic heterocycles. The highest BCUT2D eigenvalue weighted by atomic mass is 19.4. The van der Waals surface area contributed by atoms with Crippen molar-refractivity contribution in [1.29, 1.82) is 0 Å². The van der Waals surface area contributed by atoms with Crippen LogP contribution >= 0.6 is 0 Å². The first-order valence-electron chi connectivity index (χ1n) is 8.18. The molecule has 4 nitrogen and oxygen atoms in total. The zero-order valence-corrected chi connectivity index (χ0v) is 15.6. The zero-order chi connectivity index (χ0) is 26.4. The van der Waals surface area contributed by atoms with Gasteiger partial charge in [0.25, 0.3) is 6.47 Å². The van der Waals surface area contributed by atoms with Crippen LogP contribution in [0.25, 0.3) is 11.1 Å². The minimum Gasteiger partial charge on any atom is -0.478 e. The van der Waals surface area contributed by atoms with Gasteiger partial charge in [-0.3, -0.25) is 4.79 Å². The number of carbonyl (C=O) groups is 2. The molecule has 0 heterocycles. The molecule has 0 aliphatic carbocycles. The van der Waals surface area contributed by atoms with E-state index in [-0.39, 0.29) is 0 Å². The molecule has 2 aromatic carbocycles. The number of carbonyl (C=O) groups excluding carboxylic acids is 1. The Bertz CT molecular complexity index is 1050. The number of carboxylic acids is 1. The molecule has 0 aliphatic rings. The van der Waals surface area contributed by atoms with E-state index in [0.717, 1.165) is 0 Å². The summed E-state index contributed by atoms with van der Waals surface area (Å²) in [6.07, 6.45) is -24.1. The predicted octanol–water partition coefficient (Wildman–Crippen LogP) is 6.66. The van der Waals surface area contributed by atoms with Gasteiger partial charge < -0.3 is 9.84 Å². The van der Waals surface area contributed by atoms with Gasteiger partial charge in [0.1, 0.15) is 5.75 Å². The van der Waals surface area contributed by atoms with E-state index in [9.17, 15) is 62.3 Å². The van der Waals surface area contributed by atoms with Gasteiger partial charge >= 0.3 is 30.7 Å². The van der Waals surface area contributed by atoms with Crippen molar-refractivity contribution < 1.29 is 72.1 Å². The third-order valence-electron chi connectivity index (χ3n) is 4.15. The summed E-state index contributed by atoms with van der Waals surface area (Å²) in [5, 5.41) is 8.85. The van der Waals surface area contributed by atoms with E-state index < -0.39 is 106 Å². The molecular weight excluding hydrogens is 508 g/mol. The zero-order valence-electron chi connectivity index (χ0n) is 15.6. The normalized spacial score (nSPS) is 13.1. The van der Waals surface area contributed by atoms with Gasteiger partial charge in [0.05, 0.1) is 27.8 Å². The van der Waals surface area contributed by atoms with Crippen molar-refractivity contribution in [3.8, 4) is 16.9 Å². The molecule has 0 fully saturated rings. The Hall–Kier alpha value is -3.46. The molecule has 2 rings (SSSR count). The fraction of sp³-hybridized carbons (Fsp3) is 0.222. The maximum Gasteiger partial charge on any atom is 0.417 e. The van der Waals surface area contributed by atoms with Crippen LogP contribution in [0.15, 0.2) is 24.3 Å². The Morgan fingerprint density at radius 3 is 1.18 bits per heavy atom. The third kappa shape index (κ3) is 5.36. The van der Waals surface area contributed by atoms with E-state index in [2.05, 4.69) is 4.74 Å². The second-order valence-corrected chi connectivity index (χ2v) is 6.35. The van der Waals surface area contributed by atoms with Gasteiger partial charge in [-0.15, -0.1) is 0 Å². The highest BCUT2D eigenvalue weighted by Crippen LogP contribution is 2.53. The number of carboxylic acid groups (broad SMARTS) is 1. The average molecular weight is 514 g/mol. The maximum atomic E-state index is 13.6. The van der Waals surface area contributed by atoms with Gasteiger partial charge in [-0.2, -0.15) is 52.7 Å². The smallest absolute Gasteiger partial charge is 0.417 e. The molecule has 0 radical (unpaired) electrons. The van der Waals surface area contributed by atoms with Crippen LogP contribution in [-0.2, 0) is 29.5 Å². The molecule has 0 saturated carbocycles. The van der Waals surface area contributed by atoms with Gasteiger partial charge in [-0.1, -0.05) is 0 Å². The van der Waals surface area contributed by atoms with Crippen molar-refractivity contribution in [2.75, 3.05) is 0 Å². The first kappa shape index (κ1) is 26.8. The number of halogens is 12. The molecule has 0 saturated heterocycles. The number of rotatable bonds is 4. The molecule has 0 amide bonds.